The number of ether oxygens (including phenoxy) is 2. The first kappa shape index (κ1) is 22.7. The topological polar surface area (TPSA) is 103 Å². The summed E-state index contributed by atoms with van der Waals surface area (Å²) in [6.45, 7) is 3.63. The Morgan fingerprint density at radius 1 is 1.09 bits per heavy atom. The molecule has 0 aliphatic carbocycles. The molecule has 32 heavy (non-hydrogen) atoms. The molecule has 0 amide bonds. The summed E-state index contributed by atoms with van der Waals surface area (Å²) in [7, 11) is 1.25. The number of halogens is 1. The van der Waals surface area contributed by atoms with E-state index < -0.39 is 23.3 Å². The standard InChI is InChI=1S/C23H22FN3O5/c1-4-32-23(30)15-5-9-17(10-6-15)25-14(2)21-19(13-20(28)31-3)26-27(22(21)29)18-11-7-16(24)8-12-18/h5-12,26H,4,13H2,1-3H3. The largest absolute Gasteiger partial charge is 0.469 e. The fourth-order valence-electron chi connectivity index (χ4n) is 3.11. The molecule has 1 aromatic heterocycles. The summed E-state index contributed by atoms with van der Waals surface area (Å²) in [6.07, 6.45) is -0.177. The Morgan fingerprint density at radius 3 is 2.34 bits per heavy atom. The highest BCUT2D eigenvalue weighted by atomic mass is 19.1. The first-order chi connectivity index (χ1) is 15.3. The number of nitrogens with zero attached hydrogens (tertiary/aromatic N) is 2. The molecule has 1 N–H and O–H groups in total. The zero-order valence-corrected chi connectivity index (χ0v) is 17.8. The van der Waals surface area contributed by atoms with Gasteiger partial charge in [-0.15, -0.1) is 0 Å². The lowest BCUT2D eigenvalue weighted by Gasteiger charge is -2.03. The third-order valence-electron chi connectivity index (χ3n) is 4.64. The van der Waals surface area contributed by atoms with Gasteiger partial charge in [-0.2, -0.15) is 0 Å². The number of methoxy groups -OCH3 is 1. The molecule has 0 radical (unpaired) electrons. The number of hydrogen-bond acceptors (Lipinski definition) is 6. The average molecular weight is 439 g/mol. The maximum Gasteiger partial charge on any atom is 0.338 e. The van der Waals surface area contributed by atoms with Crippen molar-refractivity contribution in [2.45, 2.75) is 20.3 Å². The molecule has 9 heteroatoms. The van der Waals surface area contributed by atoms with Crippen LogP contribution in [0.2, 0.25) is 0 Å². The van der Waals surface area contributed by atoms with Gasteiger partial charge in [0.25, 0.3) is 5.56 Å². The number of H-pyrrole nitrogens is 1. The lowest BCUT2D eigenvalue weighted by Crippen LogP contribution is -2.20. The summed E-state index contributed by atoms with van der Waals surface area (Å²) in [5, 5.41) is 2.89. The van der Waals surface area contributed by atoms with Crippen LogP contribution < -0.4 is 5.56 Å². The van der Waals surface area contributed by atoms with Crippen LogP contribution in [-0.2, 0) is 20.7 Å². The Kier molecular flexibility index (Phi) is 6.99. The van der Waals surface area contributed by atoms with Gasteiger partial charge in [0.2, 0.25) is 0 Å². The molecule has 0 aliphatic heterocycles. The van der Waals surface area contributed by atoms with Crippen molar-refractivity contribution in [2.24, 2.45) is 4.99 Å². The van der Waals surface area contributed by atoms with E-state index in [0.717, 1.165) is 0 Å². The van der Waals surface area contributed by atoms with Gasteiger partial charge >= 0.3 is 11.9 Å². The first-order valence-electron chi connectivity index (χ1n) is 9.83. The average Bonchev–Trinajstić information content (AvgIpc) is 3.10. The molecular weight excluding hydrogens is 417 g/mol. The molecule has 3 rings (SSSR count). The number of benzene rings is 2. The number of carbonyl (C=O) groups is 2. The molecule has 0 unspecified atom stereocenters. The number of aliphatic imine (C=N–C) groups is 1. The van der Waals surface area contributed by atoms with Crippen LogP contribution in [0.15, 0.2) is 58.3 Å². The van der Waals surface area contributed by atoms with Gasteiger partial charge in [0.15, 0.2) is 0 Å². The number of nitrogens with one attached hydrogen (secondary N) is 1. The lowest BCUT2D eigenvalue weighted by atomic mass is 10.1. The van der Waals surface area contributed by atoms with Crippen LogP contribution in [0.3, 0.4) is 0 Å². The maximum absolute atomic E-state index is 13.3. The van der Waals surface area contributed by atoms with Crippen molar-refractivity contribution in [1.29, 1.82) is 0 Å². The fraction of sp³-hybridized carbons (Fsp3) is 0.217. The highest BCUT2D eigenvalue weighted by molar-refractivity contribution is 6.01. The second-order valence-corrected chi connectivity index (χ2v) is 6.80. The van der Waals surface area contributed by atoms with Crippen molar-refractivity contribution < 1.29 is 23.5 Å². The second kappa shape index (κ2) is 9.86. The van der Waals surface area contributed by atoms with E-state index in [4.69, 9.17) is 9.47 Å². The van der Waals surface area contributed by atoms with Crippen LogP contribution in [0.1, 0.15) is 35.5 Å². The number of aromatic amines is 1. The molecule has 0 bridgehead atoms. The van der Waals surface area contributed by atoms with Crippen molar-refractivity contribution in [3.63, 3.8) is 0 Å². The Hall–Kier alpha value is -4.01. The summed E-state index contributed by atoms with van der Waals surface area (Å²) in [5.74, 6) is -1.41. The molecule has 1 heterocycles. The summed E-state index contributed by atoms with van der Waals surface area (Å²) in [5.41, 5.74) is 1.73. The van der Waals surface area contributed by atoms with E-state index in [1.54, 1.807) is 38.1 Å². The molecule has 2 aromatic carbocycles. The molecule has 3 aromatic rings. The lowest BCUT2D eigenvalue weighted by molar-refractivity contribution is -0.139. The molecule has 0 saturated heterocycles. The molecule has 166 valence electrons. The summed E-state index contributed by atoms with van der Waals surface area (Å²) in [4.78, 5) is 41.3. The van der Waals surface area contributed by atoms with Gasteiger partial charge in [-0.05, 0) is 62.4 Å². The normalized spacial score (nSPS) is 11.3. The second-order valence-electron chi connectivity index (χ2n) is 6.80. The highest BCUT2D eigenvalue weighted by Crippen LogP contribution is 2.17. The third kappa shape index (κ3) is 5.00. The quantitative estimate of drug-likeness (QED) is 0.449. The van der Waals surface area contributed by atoms with Gasteiger partial charge in [-0.1, -0.05) is 0 Å². The van der Waals surface area contributed by atoms with E-state index in [1.165, 1.54) is 36.1 Å². The Bertz CT molecular complexity index is 1210. The minimum atomic E-state index is -0.537. The number of carbonyl (C=O) groups excluding carboxylic acids is 2. The zero-order valence-electron chi connectivity index (χ0n) is 17.8. The molecule has 0 fully saturated rings. The van der Waals surface area contributed by atoms with E-state index in [-0.39, 0.29) is 18.6 Å². The highest BCUT2D eigenvalue weighted by Gasteiger charge is 2.20. The van der Waals surface area contributed by atoms with Gasteiger partial charge in [-0.3, -0.25) is 19.7 Å². The van der Waals surface area contributed by atoms with E-state index in [0.29, 0.717) is 28.3 Å². The molecule has 0 saturated carbocycles. The number of esters is 2. The van der Waals surface area contributed by atoms with Crippen LogP contribution in [0.25, 0.3) is 5.69 Å². The minimum absolute atomic E-state index is 0.177. The van der Waals surface area contributed by atoms with Gasteiger partial charge in [0.1, 0.15) is 5.82 Å². The Labute approximate surface area is 183 Å². The third-order valence-corrected chi connectivity index (χ3v) is 4.64. The van der Waals surface area contributed by atoms with E-state index in [9.17, 15) is 18.8 Å². The molecule has 8 nitrogen and oxygen atoms in total. The van der Waals surface area contributed by atoms with Crippen LogP contribution in [-0.4, -0.2) is 41.1 Å². The van der Waals surface area contributed by atoms with Crippen molar-refractivity contribution in [3.8, 4) is 5.69 Å². The van der Waals surface area contributed by atoms with Crippen molar-refractivity contribution in [3.05, 3.63) is 81.5 Å². The Balaban J connectivity index is 2.02. The van der Waals surface area contributed by atoms with Crippen molar-refractivity contribution in [1.82, 2.24) is 9.78 Å². The smallest absolute Gasteiger partial charge is 0.338 e. The van der Waals surface area contributed by atoms with Gasteiger partial charge in [0, 0.05) is 0 Å². The predicted octanol–water partition coefficient (Wildman–Crippen LogP) is 3.34. The summed E-state index contributed by atoms with van der Waals surface area (Å²) >= 11 is 0. The monoisotopic (exact) mass is 439 g/mol. The van der Waals surface area contributed by atoms with E-state index >= 15 is 0 Å². The number of hydrogen-bond donors (Lipinski definition) is 1. The summed E-state index contributed by atoms with van der Waals surface area (Å²) in [6, 6.07) is 11.8. The number of rotatable bonds is 7. The van der Waals surface area contributed by atoms with Gasteiger partial charge in [-0.25, -0.2) is 13.9 Å². The molecule has 0 aliphatic rings. The van der Waals surface area contributed by atoms with Crippen LogP contribution in [0.5, 0.6) is 0 Å². The van der Waals surface area contributed by atoms with Crippen LogP contribution >= 0.6 is 0 Å². The summed E-state index contributed by atoms with van der Waals surface area (Å²) < 4.78 is 24.2. The van der Waals surface area contributed by atoms with Crippen LogP contribution in [0, 0.1) is 5.82 Å². The van der Waals surface area contributed by atoms with Crippen LogP contribution in [0.4, 0.5) is 10.1 Å². The zero-order chi connectivity index (χ0) is 23.3. The van der Waals surface area contributed by atoms with Crippen molar-refractivity contribution >= 4 is 23.3 Å². The van der Waals surface area contributed by atoms with E-state index in [2.05, 4.69) is 10.1 Å². The minimum Gasteiger partial charge on any atom is -0.469 e. The van der Waals surface area contributed by atoms with E-state index in [1.807, 2.05) is 0 Å². The first-order valence-corrected chi connectivity index (χ1v) is 9.83. The maximum atomic E-state index is 13.3. The molecular formula is C23H22FN3O5. The van der Waals surface area contributed by atoms with Gasteiger partial charge < -0.3 is 9.47 Å². The molecule has 0 spiro atoms. The fourth-order valence-corrected chi connectivity index (χ4v) is 3.11. The molecule has 0 atom stereocenters. The number of aromatic nitrogens is 2. The van der Waals surface area contributed by atoms with Gasteiger partial charge in [0.05, 0.1) is 54.0 Å². The predicted molar refractivity (Wildman–Crippen MR) is 116 cm³/mol. The Morgan fingerprint density at radius 2 is 1.75 bits per heavy atom. The van der Waals surface area contributed by atoms with Crippen molar-refractivity contribution in [2.75, 3.05) is 13.7 Å². The SMILES string of the molecule is CCOC(=O)c1ccc(N=C(C)c2c(CC(=O)OC)[nH]n(-c3ccc(F)cc3)c2=O)cc1.